The molecule has 82 valence electrons. The predicted octanol–water partition coefficient (Wildman–Crippen LogP) is 3.58. The first-order valence-corrected chi connectivity index (χ1v) is 5.57. The van der Waals surface area contributed by atoms with Crippen molar-refractivity contribution in [2.24, 2.45) is 0 Å². The summed E-state index contributed by atoms with van der Waals surface area (Å²) in [5, 5.41) is 0. The molecule has 16 heavy (non-hydrogen) atoms. The van der Waals surface area contributed by atoms with Gasteiger partial charge >= 0.3 is 0 Å². The maximum Gasteiger partial charge on any atom is 0.131 e. The Morgan fingerprint density at radius 2 is 1.75 bits per heavy atom. The van der Waals surface area contributed by atoms with Gasteiger partial charge in [-0.15, -0.1) is 0 Å². The van der Waals surface area contributed by atoms with Crippen molar-refractivity contribution in [2.45, 2.75) is 26.7 Å². The molecule has 0 fully saturated rings. The fourth-order valence-electron chi connectivity index (χ4n) is 1.62. The van der Waals surface area contributed by atoms with Crippen LogP contribution in [0.25, 0.3) is 11.3 Å². The number of aromatic nitrogens is 2. The van der Waals surface area contributed by atoms with Crippen molar-refractivity contribution in [3.8, 4) is 11.3 Å². The van der Waals surface area contributed by atoms with Crippen LogP contribution in [0, 0.1) is 6.92 Å². The molecule has 1 aromatic heterocycles. The van der Waals surface area contributed by atoms with E-state index in [4.69, 9.17) is 0 Å². The first-order valence-electron chi connectivity index (χ1n) is 5.57. The zero-order valence-corrected chi connectivity index (χ0v) is 9.94. The van der Waals surface area contributed by atoms with E-state index in [0.29, 0.717) is 5.92 Å². The summed E-state index contributed by atoms with van der Waals surface area (Å²) < 4.78 is 0. The van der Waals surface area contributed by atoms with E-state index in [2.05, 4.69) is 35.9 Å². The summed E-state index contributed by atoms with van der Waals surface area (Å²) in [6.45, 7) is 6.27. The van der Waals surface area contributed by atoms with Gasteiger partial charge in [0.2, 0.25) is 0 Å². The summed E-state index contributed by atoms with van der Waals surface area (Å²) in [6, 6.07) is 10.3. The molecule has 2 rings (SSSR count). The van der Waals surface area contributed by atoms with Gasteiger partial charge in [-0.1, -0.05) is 44.2 Å². The first-order chi connectivity index (χ1) is 7.68. The second-order valence-corrected chi connectivity index (χ2v) is 4.28. The van der Waals surface area contributed by atoms with Crippen LogP contribution in [0.15, 0.2) is 36.5 Å². The Balaban J connectivity index is 2.52. The van der Waals surface area contributed by atoms with E-state index in [1.165, 1.54) is 0 Å². The van der Waals surface area contributed by atoms with Crippen molar-refractivity contribution in [1.29, 1.82) is 0 Å². The summed E-state index contributed by atoms with van der Waals surface area (Å²) in [7, 11) is 0. The Morgan fingerprint density at radius 3 is 2.38 bits per heavy atom. The topological polar surface area (TPSA) is 25.8 Å². The third-order valence-electron chi connectivity index (χ3n) is 2.55. The monoisotopic (exact) mass is 212 g/mol. The fraction of sp³-hybridized carbons (Fsp3) is 0.286. The lowest BCUT2D eigenvalue weighted by Gasteiger charge is -2.09. The number of nitrogens with zero attached hydrogens (tertiary/aromatic N) is 2. The molecule has 0 bridgehead atoms. The number of hydrogen-bond donors (Lipinski definition) is 0. The van der Waals surface area contributed by atoms with Gasteiger partial charge in [0.15, 0.2) is 0 Å². The first kappa shape index (κ1) is 10.8. The molecule has 0 aliphatic rings. The van der Waals surface area contributed by atoms with E-state index in [1.807, 2.05) is 31.3 Å². The van der Waals surface area contributed by atoms with Crippen LogP contribution in [0.2, 0.25) is 0 Å². The van der Waals surface area contributed by atoms with Gasteiger partial charge in [0, 0.05) is 17.7 Å². The largest absolute Gasteiger partial charge is 0.241 e. The van der Waals surface area contributed by atoms with E-state index in [0.717, 1.165) is 22.6 Å². The molecule has 2 aromatic rings. The molecule has 1 aromatic carbocycles. The standard InChI is InChI=1S/C14H16N2/c1-10(2)14-15-9-11(3)13(16-14)12-7-5-4-6-8-12/h4-10H,1-3H3. The van der Waals surface area contributed by atoms with E-state index in [9.17, 15) is 0 Å². The molecule has 2 nitrogen and oxygen atoms in total. The maximum atomic E-state index is 4.63. The molecular formula is C14H16N2. The van der Waals surface area contributed by atoms with E-state index < -0.39 is 0 Å². The van der Waals surface area contributed by atoms with Crippen LogP contribution >= 0.6 is 0 Å². The van der Waals surface area contributed by atoms with E-state index in [1.54, 1.807) is 0 Å². The van der Waals surface area contributed by atoms with Gasteiger partial charge in [0.05, 0.1) is 5.69 Å². The molecule has 0 saturated heterocycles. The van der Waals surface area contributed by atoms with E-state index in [-0.39, 0.29) is 0 Å². The molecule has 0 unspecified atom stereocenters. The molecule has 0 aliphatic carbocycles. The van der Waals surface area contributed by atoms with Crippen molar-refractivity contribution < 1.29 is 0 Å². The van der Waals surface area contributed by atoms with Crippen molar-refractivity contribution in [3.05, 3.63) is 47.9 Å². The van der Waals surface area contributed by atoms with Gasteiger partial charge in [-0.2, -0.15) is 0 Å². The number of aryl methyl sites for hydroxylation is 1. The Hall–Kier alpha value is -1.70. The normalized spacial score (nSPS) is 10.8. The van der Waals surface area contributed by atoms with Crippen molar-refractivity contribution in [3.63, 3.8) is 0 Å². The van der Waals surface area contributed by atoms with E-state index >= 15 is 0 Å². The molecule has 0 N–H and O–H groups in total. The quantitative estimate of drug-likeness (QED) is 0.760. The zero-order chi connectivity index (χ0) is 11.5. The zero-order valence-electron chi connectivity index (χ0n) is 9.94. The number of rotatable bonds is 2. The highest BCUT2D eigenvalue weighted by atomic mass is 14.9. The second kappa shape index (κ2) is 4.44. The SMILES string of the molecule is Cc1cnc(C(C)C)nc1-c1ccccc1. The highest BCUT2D eigenvalue weighted by Gasteiger charge is 2.08. The number of benzene rings is 1. The molecule has 1 heterocycles. The average molecular weight is 212 g/mol. The smallest absolute Gasteiger partial charge is 0.131 e. The molecule has 0 atom stereocenters. The lowest BCUT2D eigenvalue weighted by atomic mass is 10.1. The molecule has 0 amide bonds. The lowest BCUT2D eigenvalue weighted by Crippen LogP contribution is -2.00. The summed E-state index contributed by atoms with van der Waals surface area (Å²) >= 11 is 0. The van der Waals surface area contributed by atoms with Crippen LogP contribution in [0.1, 0.15) is 31.2 Å². The van der Waals surface area contributed by atoms with Gasteiger partial charge in [0.25, 0.3) is 0 Å². The molecule has 0 radical (unpaired) electrons. The van der Waals surface area contributed by atoms with Gasteiger partial charge in [-0.3, -0.25) is 0 Å². The minimum absolute atomic E-state index is 0.364. The maximum absolute atomic E-state index is 4.63. The van der Waals surface area contributed by atoms with Gasteiger partial charge < -0.3 is 0 Å². The Morgan fingerprint density at radius 1 is 1.06 bits per heavy atom. The van der Waals surface area contributed by atoms with Crippen LogP contribution in [0.4, 0.5) is 0 Å². The molecule has 0 aliphatic heterocycles. The van der Waals surface area contributed by atoms with Crippen LogP contribution in [-0.2, 0) is 0 Å². The summed E-state index contributed by atoms with van der Waals surface area (Å²) in [5.74, 6) is 1.27. The predicted molar refractivity (Wildman–Crippen MR) is 66.3 cm³/mol. The lowest BCUT2D eigenvalue weighted by molar-refractivity contribution is 0.773. The van der Waals surface area contributed by atoms with Crippen LogP contribution in [-0.4, -0.2) is 9.97 Å². The Kier molecular flexibility index (Phi) is 3.00. The van der Waals surface area contributed by atoms with Crippen LogP contribution in [0.3, 0.4) is 0 Å². The molecule has 0 spiro atoms. The summed E-state index contributed by atoms with van der Waals surface area (Å²) in [5.41, 5.74) is 3.32. The molecular weight excluding hydrogens is 196 g/mol. The van der Waals surface area contributed by atoms with Crippen molar-refractivity contribution in [1.82, 2.24) is 9.97 Å². The van der Waals surface area contributed by atoms with Crippen LogP contribution < -0.4 is 0 Å². The minimum Gasteiger partial charge on any atom is -0.241 e. The van der Waals surface area contributed by atoms with Gasteiger partial charge in [-0.25, -0.2) is 9.97 Å². The third-order valence-corrected chi connectivity index (χ3v) is 2.55. The van der Waals surface area contributed by atoms with Crippen LogP contribution in [0.5, 0.6) is 0 Å². The summed E-state index contributed by atoms with van der Waals surface area (Å²) in [4.78, 5) is 8.98. The average Bonchev–Trinajstić information content (AvgIpc) is 2.30. The van der Waals surface area contributed by atoms with Crippen molar-refractivity contribution >= 4 is 0 Å². The Labute approximate surface area is 96.4 Å². The highest BCUT2D eigenvalue weighted by Crippen LogP contribution is 2.21. The highest BCUT2D eigenvalue weighted by molar-refractivity contribution is 5.62. The van der Waals surface area contributed by atoms with Gasteiger partial charge in [-0.05, 0) is 12.5 Å². The van der Waals surface area contributed by atoms with Crippen molar-refractivity contribution in [2.75, 3.05) is 0 Å². The Bertz CT molecular complexity index is 475. The third kappa shape index (κ3) is 2.11. The molecule has 0 saturated carbocycles. The summed E-state index contributed by atoms with van der Waals surface area (Å²) in [6.07, 6.45) is 1.91. The molecule has 2 heteroatoms. The fourth-order valence-corrected chi connectivity index (χ4v) is 1.62. The second-order valence-electron chi connectivity index (χ2n) is 4.28. The minimum atomic E-state index is 0.364. The van der Waals surface area contributed by atoms with Gasteiger partial charge in [0.1, 0.15) is 5.82 Å². The number of hydrogen-bond acceptors (Lipinski definition) is 2.